The van der Waals surface area contributed by atoms with Crippen LogP contribution in [0, 0.1) is 31.6 Å². The predicted octanol–water partition coefficient (Wildman–Crippen LogP) is 10.4. The number of carbonyl (C=O) groups is 4. The number of hydrogen-bond acceptors (Lipinski definition) is 12. The van der Waals surface area contributed by atoms with Gasteiger partial charge in [0, 0.05) is 65.0 Å². The van der Waals surface area contributed by atoms with Crippen LogP contribution in [0.15, 0.2) is 60.2 Å². The first-order chi connectivity index (χ1) is 29.0. The molecular formula is C46H52Cl2N2O8S2. The molecule has 0 radical (unpaired) electrons. The number of aromatic nitrogens is 2. The van der Waals surface area contributed by atoms with E-state index in [4.69, 9.17) is 42.1 Å². The van der Waals surface area contributed by atoms with E-state index in [2.05, 4.69) is 9.97 Å². The molecule has 4 aromatic rings. The molecule has 60 heavy (non-hydrogen) atoms. The second kappa shape index (κ2) is 21.8. The molecule has 2 saturated heterocycles. The number of aryl methyl sites for hydroxylation is 2. The van der Waals surface area contributed by atoms with E-state index in [1.54, 1.807) is 48.5 Å². The van der Waals surface area contributed by atoms with Crippen LogP contribution in [-0.4, -0.2) is 59.5 Å². The molecule has 2 aliphatic carbocycles. The Morgan fingerprint density at radius 2 is 1.18 bits per heavy atom. The van der Waals surface area contributed by atoms with Crippen LogP contribution in [0.25, 0.3) is 0 Å². The van der Waals surface area contributed by atoms with E-state index in [9.17, 15) is 19.2 Å². The van der Waals surface area contributed by atoms with Crippen molar-refractivity contribution >= 4 is 69.0 Å². The largest absolute Gasteiger partial charge is 0.486 e. The Labute approximate surface area is 370 Å². The summed E-state index contributed by atoms with van der Waals surface area (Å²) in [4.78, 5) is 62.3. The van der Waals surface area contributed by atoms with Crippen LogP contribution in [0.2, 0.25) is 10.0 Å². The molecule has 0 spiro atoms. The van der Waals surface area contributed by atoms with Crippen molar-refractivity contribution in [2.24, 2.45) is 17.8 Å². The number of carbonyl (C=O) groups excluding carboxylic acids is 4. The van der Waals surface area contributed by atoms with Gasteiger partial charge in [0.15, 0.2) is 17.3 Å². The van der Waals surface area contributed by atoms with Gasteiger partial charge in [-0.1, -0.05) is 43.1 Å². The first kappa shape index (κ1) is 45.7. The molecule has 0 amide bonds. The fourth-order valence-corrected chi connectivity index (χ4v) is 9.98. The molecule has 14 heteroatoms. The summed E-state index contributed by atoms with van der Waals surface area (Å²) in [5, 5.41) is 2.81. The zero-order valence-electron chi connectivity index (χ0n) is 34.5. The highest BCUT2D eigenvalue weighted by molar-refractivity contribution is 7.12. The van der Waals surface area contributed by atoms with E-state index in [1.807, 2.05) is 33.8 Å². The number of benzene rings is 2. The number of ether oxygens (including phenoxy) is 4. The Morgan fingerprint density at radius 1 is 0.700 bits per heavy atom. The normalized spacial score (nSPS) is 21.8. The van der Waals surface area contributed by atoms with Crippen molar-refractivity contribution in [2.45, 2.75) is 97.7 Å². The summed E-state index contributed by atoms with van der Waals surface area (Å²) in [7, 11) is 0. The summed E-state index contributed by atoms with van der Waals surface area (Å²) in [5.74, 6) is 0.412. The number of rotatable bonds is 11. The molecule has 8 rings (SSSR count). The molecular weight excluding hydrogens is 844 g/mol. The fraction of sp³-hybridized carbons (Fsp3) is 0.478. The monoisotopic (exact) mass is 894 g/mol. The third-order valence-electron chi connectivity index (χ3n) is 11.0. The topological polar surface area (TPSA) is 131 Å². The van der Waals surface area contributed by atoms with Crippen LogP contribution >= 0.6 is 45.9 Å². The van der Waals surface area contributed by atoms with Gasteiger partial charge >= 0.3 is 0 Å². The van der Waals surface area contributed by atoms with Gasteiger partial charge in [0.1, 0.15) is 52.3 Å². The SMILES string of the molecule is CC.Cc1sc(COc2ccc(Cl)cc2)nc1C1C(=O)C/C(=C\C2CCOCC2)C1=O.Cc1sc(COc2ccc(Cl)cc2)nc1C1C(=O)CC(CC2CCOCC2)C1=O. The maximum atomic E-state index is 13.0. The smallest absolute Gasteiger partial charge is 0.175 e. The summed E-state index contributed by atoms with van der Waals surface area (Å²) < 4.78 is 22.3. The van der Waals surface area contributed by atoms with Crippen molar-refractivity contribution in [2.75, 3.05) is 26.4 Å². The number of hydrogen-bond donors (Lipinski definition) is 0. The summed E-state index contributed by atoms with van der Waals surface area (Å²) >= 11 is 14.7. The molecule has 3 atom stereocenters. The minimum absolute atomic E-state index is 0.00521. The maximum Gasteiger partial charge on any atom is 0.175 e. The first-order valence-electron chi connectivity index (χ1n) is 20.7. The van der Waals surface area contributed by atoms with Gasteiger partial charge in [-0.15, -0.1) is 22.7 Å². The van der Waals surface area contributed by atoms with Crippen molar-refractivity contribution in [3.05, 3.63) is 101 Å². The molecule has 4 aliphatic rings. The molecule has 4 fully saturated rings. The van der Waals surface area contributed by atoms with Crippen molar-refractivity contribution in [3.63, 3.8) is 0 Å². The molecule has 2 aliphatic heterocycles. The Kier molecular flexibility index (Phi) is 16.6. The van der Waals surface area contributed by atoms with E-state index in [0.717, 1.165) is 65.1 Å². The maximum absolute atomic E-state index is 13.0. The van der Waals surface area contributed by atoms with Gasteiger partial charge in [-0.3, -0.25) is 19.2 Å². The van der Waals surface area contributed by atoms with Gasteiger partial charge in [0.2, 0.25) is 0 Å². The van der Waals surface area contributed by atoms with Gasteiger partial charge in [-0.25, -0.2) is 9.97 Å². The molecule has 320 valence electrons. The number of Topliss-reactive ketones (excluding diaryl/α,β-unsaturated/α-hetero) is 4. The number of halogens is 2. The van der Waals surface area contributed by atoms with E-state index in [-0.39, 0.29) is 42.1 Å². The van der Waals surface area contributed by atoms with Crippen LogP contribution in [0.3, 0.4) is 0 Å². The van der Waals surface area contributed by atoms with Crippen LogP contribution in [-0.2, 0) is 41.9 Å². The predicted molar refractivity (Wildman–Crippen MR) is 235 cm³/mol. The Bertz CT molecular complexity index is 2140. The summed E-state index contributed by atoms with van der Waals surface area (Å²) in [6.07, 6.45) is 7.09. The lowest BCUT2D eigenvalue weighted by molar-refractivity contribution is -0.126. The van der Waals surface area contributed by atoms with Gasteiger partial charge in [-0.05, 0) is 112 Å². The summed E-state index contributed by atoms with van der Waals surface area (Å²) in [6, 6.07) is 14.2. The Morgan fingerprint density at radius 3 is 1.70 bits per heavy atom. The van der Waals surface area contributed by atoms with E-state index < -0.39 is 11.8 Å². The molecule has 10 nitrogen and oxygen atoms in total. The van der Waals surface area contributed by atoms with Crippen molar-refractivity contribution < 1.29 is 38.1 Å². The minimum Gasteiger partial charge on any atom is -0.486 e. The minimum atomic E-state index is -0.776. The van der Waals surface area contributed by atoms with Gasteiger partial charge < -0.3 is 18.9 Å². The summed E-state index contributed by atoms with van der Waals surface area (Å²) in [6.45, 7) is 11.3. The lowest BCUT2D eigenvalue weighted by Crippen LogP contribution is -2.22. The van der Waals surface area contributed by atoms with Crippen molar-refractivity contribution in [3.8, 4) is 11.5 Å². The number of ketones is 4. The highest BCUT2D eigenvalue weighted by Crippen LogP contribution is 2.40. The van der Waals surface area contributed by atoms with E-state index >= 15 is 0 Å². The highest BCUT2D eigenvalue weighted by Gasteiger charge is 2.45. The second-order valence-corrected chi connectivity index (χ2v) is 18.6. The summed E-state index contributed by atoms with van der Waals surface area (Å²) in [5.41, 5.74) is 1.84. The molecule has 4 heterocycles. The van der Waals surface area contributed by atoms with Crippen LogP contribution in [0.1, 0.15) is 102 Å². The zero-order chi connectivity index (χ0) is 42.8. The average molecular weight is 896 g/mol. The molecule has 2 aromatic carbocycles. The molecule has 0 N–H and O–H groups in total. The average Bonchev–Trinajstić information content (AvgIpc) is 3.97. The fourth-order valence-electron chi connectivity index (χ4n) is 7.96. The Balaban J connectivity index is 0.000000193. The molecule has 3 unspecified atom stereocenters. The zero-order valence-corrected chi connectivity index (χ0v) is 37.7. The second-order valence-electron chi connectivity index (χ2n) is 15.2. The van der Waals surface area contributed by atoms with E-state index in [1.165, 1.54) is 22.7 Å². The first-order valence-corrected chi connectivity index (χ1v) is 23.1. The van der Waals surface area contributed by atoms with Gasteiger partial charge in [-0.2, -0.15) is 0 Å². The quantitative estimate of drug-likeness (QED) is 0.106. The van der Waals surface area contributed by atoms with Gasteiger partial charge in [0.05, 0.1) is 11.4 Å². The van der Waals surface area contributed by atoms with Gasteiger partial charge in [0.25, 0.3) is 0 Å². The van der Waals surface area contributed by atoms with E-state index in [0.29, 0.717) is 76.6 Å². The lowest BCUT2D eigenvalue weighted by atomic mass is 9.86. The van der Waals surface area contributed by atoms with Crippen LogP contribution in [0.4, 0.5) is 0 Å². The van der Waals surface area contributed by atoms with Crippen LogP contribution < -0.4 is 9.47 Å². The number of nitrogens with zero attached hydrogens (tertiary/aromatic N) is 2. The number of allylic oxidation sites excluding steroid dienone is 2. The molecule has 0 bridgehead atoms. The molecule has 2 saturated carbocycles. The standard InChI is InChI=1S/C22H24ClNO4S.C22H22ClNO4S.C2H6/c2*1-13-21(24-19(29-13)12-28-17-4-2-16(23)3-5-17)20-18(25)11-15(22(20)26)10-14-6-8-27-9-7-14;1-2/h2-5,14-15,20H,6-12H2,1H3;2-5,10,14,20H,6-9,11-12H2,1H3;1-2H3/b;15-10+;. The molecule has 2 aromatic heterocycles. The van der Waals surface area contributed by atoms with Crippen LogP contribution in [0.5, 0.6) is 11.5 Å². The van der Waals surface area contributed by atoms with Crippen molar-refractivity contribution in [1.29, 1.82) is 0 Å². The number of thiazole rings is 2. The third kappa shape index (κ3) is 11.8. The van der Waals surface area contributed by atoms with Crippen molar-refractivity contribution in [1.82, 2.24) is 9.97 Å². The Hall–Kier alpha value is -3.78. The lowest BCUT2D eigenvalue weighted by Gasteiger charge is -2.23. The third-order valence-corrected chi connectivity index (χ3v) is 13.5. The highest BCUT2D eigenvalue weighted by atomic mass is 35.5.